The number of carbonyl (C=O) groups is 1. The summed E-state index contributed by atoms with van der Waals surface area (Å²) in [5, 5.41) is 3.01. The molecule has 0 aromatic heterocycles. The molecule has 0 radical (unpaired) electrons. The minimum Gasteiger partial charge on any atom is -0.381 e. The molecule has 1 aliphatic heterocycles. The molecule has 5 heteroatoms. The molecule has 0 bridgehead atoms. The van der Waals surface area contributed by atoms with E-state index >= 15 is 0 Å². The minimum absolute atomic E-state index is 0.0843. The number of nitrogens with one attached hydrogen (secondary N) is 1. The molecule has 3 N–H and O–H groups in total. The summed E-state index contributed by atoms with van der Waals surface area (Å²) in [5.74, 6) is -0.383. The molecule has 0 atom stereocenters. The molecule has 1 aliphatic rings. The van der Waals surface area contributed by atoms with Crippen LogP contribution in [0.1, 0.15) is 18.4 Å². The predicted molar refractivity (Wildman–Crippen MR) is 70.1 cm³/mol. The first-order valence-corrected chi connectivity index (χ1v) is 6.47. The van der Waals surface area contributed by atoms with Gasteiger partial charge in [0.15, 0.2) is 0 Å². The highest BCUT2D eigenvalue weighted by molar-refractivity contribution is 5.79. The highest BCUT2D eigenvalue weighted by atomic mass is 19.1. The van der Waals surface area contributed by atoms with E-state index in [4.69, 9.17) is 10.5 Å². The normalized spacial score (nSPS) is 18.0. The van der Waals surface area contributed by atoms with E-state index in [0.717, 1.165) is 18.4 Å². The van der Waals surface area contributed by atoms with Crippen LogP contribution in [0.15, 0.2) is 24.3 Å². The first kappa shape index (κ1) is 14.0. The smallest absolute Gasteiger partial charge is 0.224 e. The molecule has 19 heavy (non-hydrogen) atoms. The highest BCUT2D eigenvalue weighted by Gasteiger charge is 2.32. The predicted octanol–water partition coefficient (Wildman–Crippen LogP) is 0.992. The van der Waals surface area contributed by atoms with Crippen LogP contribution in [0.2, 0.25) is 0 Å². The molecule has 1 fully saturated rings. The van der Waals surface area contributed by atoms with Crippen molar-refractivity contribution in [2.75, 3.05) is 19.8 Å². The summed E-state index contributed by atoms with van der Waals surface area (Å²) < 4.78 is 18.1. The first-order valence-electron chi connectivity index (χ1n) is 6.47. The lowest BCUT2D eigenvalue weighted by atomic mass is 9.90. The fourth-order valence-corrected chi connectivity index (χ4v) is 2.27. The Morgan fingerprint density at radius 3 is 2.53 bits per heavy atom. The van der Waals surface area contributed by atoms with Crippen LogP contribution in [0.3, 0.4) is 0 Å². The van der Waals surface area contributed by atoms with Crippen LogP contribution in [-0.4, -0.2) is 31.2 Å². The Bertz CT molecular complexity index is 428. The maximum Gasteiger partial charge on any atom is 0.224 e. The Morgan fingerprint density at radius 2 is 1.95 bits per heavy atom. The number of hydrogen-bond donors (Lipinski definition) is 2. The Balaban J connectivity index is 1.94. The van der Waals surface area contributed by atoms with Crippen LogP contribution in [0, 0.1) is 5.82 Å². The molecule has 2 rings (SSSR count). The molecule has 104 valence electrons. The van der Waals surface area contributed by atoms with Crippen molar-refractivity contribution in [1.82, 2.24) is 5.32 Å². The lowest BCUT2D eigenvalue weighted by Gasteiger charge is -2.37. The summed E-state index contributed by atoms with van der Waals surface area (Å²) in [7, 11) is 0. The second kappa shape index (κ2) is 6.12. The molecular weight excluding hydrogens is 247 g/mol. The Labute approximate surface area is 112 Å². The first-order chi connectivity index (χ1) is 9.13. The van der Waals surface area contributed by atoms with Crippen LogP contribution >= 0.6 is 0 Å². The average Bonchev–Trinajstić information content (AvgIpc) is 2.42. The van der Waals surface area contributed by atoms with Gasteiger partial charge in [-0.1, -0.05) is 12.1 Å². The van der Waals surface area contributed by atoms with E-state index in [0.29, 0.717) is 19.8 Å². The summed E-state index contributed by atoms with van der Waals surface area (Å²) in [6, 6.07) is 5.95. The molecule has 1 aromatic carbocycles. The maximum atomic E-state index is 12.8. The quantitative estimate of drug-likeness (QED) is 0.854. The number of nitrogens with two attached hydrogens (primary N) is 1. The van der Waals surface area contributed by atoms with Gasteiger partial charge in [-0.2, -0.15) is 0 Å². The van der Waals surface area contributed by atoms with E-state index in [1.807, 2.05) is 0 Å². The molecule has 1 aromatic rings. The Kier molecular flexibility index (Phi) is 4.50. The van der Waals surface area contributed by atoms with Gasteiger partial charge in [-0.3, -0.25) is 4.79 Å². The summed E-state index contributed by atoms with van der Waals surface area (Å²) in [5.41, 5.74) is 6.22. The molecule has 0 unspecified atom stereocenters. The zero-order valence-corrected chi connectivity index (χ0v) is 10.8. The minimum atomic E-state index is -0.352. The van der Waals surface area contributed by atoms with Crippen molar-refractivity contribution in [3.05, 3.63) is 35.6 Å². The van der Waals surface area contributed by atoms with Crippen molar-refractivity contribution in [2.24, 2.45) is 5.73 Å². The van der Waals surface area contributed by atoms with Crippen molar-refractivity contribution < 1.29 is 13.9 Å². The van der Waals surface area contributed by atoms with Crippen LogP contribution in [0.4, 0.5) is 4.39 Å². The Hall–Kier alpha value is -1.46. The number of rotatable bonds is 4. The van der Waals surface area contributed by atoms with Gasteiger partial charge in [-0.15, -0.1) is 0 Å². The summed E-state index contributed by atoms with van der Waals surface area (Å²) in [6.07, 6.45) is 1.71. The van der Waals surface area contributed by atoms with Gasteiger partial charge >= 0.3 is 0 Å². The van der Waals surface area contributed by atoms with Crippen LogP contribution in [0.25, 0.3) is 0 Å². The summed E-state index contributed by atoms with van der Waals surface area (Å²) in [4.78, 5) is 12.0. The lowest BCUT2D eigenvalue weighted by molar-refractivity contribution is -0.123. The SMILES string of the molecule is NCC1(NC(=O)Cc2ccc(F)cc2)CCOCC1. The number of amides is 1. The second-order valence-corrected chi connectivity index (χ2v) is 4.95. The van der Waals surface area contributed by atoms with Crippen molar-refractivity contribution in [3.63, 3.8) is 0 Å². The van der Waals surface area contributed by atoms with Gasteiger partial charge in [0.1, 0.15) is 5.82 Å². The van der Waals surface area contributed by atoms with Gasteiger partial charge in [-0.25, -0.2) is 4.39 Å². The van der Waals surface area contributed by atoms with E-state index < -0.39 is 0 Å². The van der Waals surface area contributed by atoms with Crippen LogP contribution < -0.4 is 11.1 Å². The van der Waals surface area contributed by atoms with Gasteiger partial charge < -0.3 is 15.8 Å². The number of benzene rings is 1. The van der Waals surface area contributed by atoms with E-state index in [2.05, 4.69) is 5.32 Å². The topological polar surface area (TPSA) is 64.3 Å². The fraction of sp³-hybridized carbons (Fsp3) is 0.500. The third-order valence-electron chi connectivity index (χ3n) is 3.52. The molecular formula is C14H19FN2O2. The van der Waals surface area contributed by atoms with E-state index in [1.165, 1.54) is 12.1 Å². The molecule has 1 saturated heterocycles. The van der Waals surface area contributed by atoms with Crippen LogP contribution in [0.5, 0.6) is 0 Å². The monoisotopic (exact) mass is 266 g/mol. The van der Waals surface area contributed by atoms with E-state index in [-0.39, 0.29) is 23.7 Å². The molecule has 0 spiro atoms. The summed E-state index contributed by atoms with van der Waals surface area (Å²) in [6.45, 7) is 1.65. The molecule has 1 amide bonds. The lowest BCUT2D eigenvalue weighted by Crippen LogP contribution is -2.57. The molecule has 0 aliphatic carbocycles. The second-order valence-electron chi connectivity index (χ2n) is 4.95. The number of carbonyl (C=O) groups excluding carboxylic acids is 1. The maximum absolute atomic E-state index is 12.8. The number of ether oxygens (including phenoxy) is 1. The van der Waals surface area contributed by atoms with Crippen molar-refractivity contribution in [1.29, 1.82) is 0 Å². The zero-order chi connectivity index (χ0) is 13.7. The molecule has 1 heterocycles. The third-order valence-corrected chi connectivity index (χ3v) is 3.52. The average molecular weight is 266 g/mol. The highest BCUT2D eigenvalue weighted by Crippen LogP contribution is 2.19. The van der Waals surface area contributed by atoms with Gasteiger partial charge in [0, 0.05) is 19.8 Å². The van der Waals surface area contributed by atoms with E-state index in [1.54, 1.807) is 12.1 Å². The molecule has 4 nitrogen and oxygen atoms in total. The number of halogens is 1. The Morgan fingerprint density at radius 1 is 1.32 bits per heavy atom. The fourth-order valence-electron chi connectivity index (χ4n) is 2.27. The van der Waals surface area contributed by atoms with E-state index in [9.17, 15) is 9.18 Å². The van der Waals surface area contributed by atoms with Gasteiger partial charge in [0.25, 0.3) is 0 Å². The van der Waals surface area contributed by atoms with Gasteiger partial charge in [-0.05, 0) is 30.5 Å². The van der Waals surface area contributed by atoms with Gasteiger partial charge in [0.2, 0.25) is 5.91 Å². The largest absolute Gasteiger partial charge is 0.381 e. The standard InChI is InChI=1S/C14H19FN2O2/c15-12-3-1-11(2-4-12)9-13(18)17-14(10-16)5-7-19-8-6-14/h1-4H,5-10,16H2,(H,17,18). The summed E-state index contributed by atoms with van der Waals surface area (Å²) >= 11 is 0. The molecule has 0 saturated carbocycles. The van der Waals surface area contributed by atoms with Crippen molar-refractivity contribution >= 4 is 5.91 Å². The van der Waals surface area contributed by atoms with Crippen LogP contribution in [-0.2, 0) is 16.0 Å². The number of hydrogen-bond acceptors (Lipinski definition) is 3. The van der Waals surface area contributed by atoms with Crippen molar-refractivity contribution in [3.8, 4) is 0 Å². The van der Waals surface area contributed by atoms with Gasteiger partial charge in [0.05, 0.1) is 12.0 Å². The zero-order valence-electron chi connectivity index (χ0n) is 10.8. The third kappa shape index (κ3) is 3.75. The van der Waals surface area contributed by atoms with Crippen molar-refractivity contribution in [2.45, 2.75) is 24.8 Å².